The zero-order chi connectivity index (χ0) is 12.8. The fourth-order valence-corrected chi connectivity index (χ4v) is 2.62. The Morgan fingerprint density at radius 1 is 1.28 bits per heavy atom. The van der Waals surface area contributed by atoms with Crippen molar-refractivity contribution < 1.29 is 9.47 Å². The first kappa shape index (κ1) is 13.6. The second-order valence-corrected chi connectivity index (χ2v) is 5.22. The van der Waals surface area contributed by atoms with Crippen LogP contribution in [0, 0.1) is 0 Å². The summed E-state index contributed by atoms with van der Waals surface area (Å²) >= 11 is 0. The molecule has 2 aliphatic rings. The largest absolute Gasteiger partial charge is 0.381 e. The van der Waals surface area contributed by atoms with Gasteiger partial charge in [-0.15, -0.1) is 0 Å². The average Bonchev–Trinajstić information content (AvgIpc) is 2.47. The third kappa shape index (κ3) is 3.36. The molecule has 2 aliphatic heterocycles. The highest BCUT2D eigenvalue weighted by Gasteiger charge is 2.32. The molecule has 2 N–H and O–H groups in total. The minimum atomic E-state index is -0.168. The lowest BCUT2D eigenvalue weighted by molar-refractivity contribution is -0.0829. The lowest BCUT2D eigenvalue weighted by Gasteiger charge is -2.35. The van der Waals surface area contributed by atoms with Crippen molar-refractivity contribution in [2.75, 3.05) is 40.0 Å². The second kappa shape index (κ2) is 6.38. The Bertz CT molecular complexity index is 282. The number of rotatable bonds is 3. The first-order valence-electron chi connectivity index (χ1n) is 6.93. The van der Waals surface area contributed by atoms with E-state index in [9.17, 15) is 0 Å². The molecule has 2 heterocycles. The van der Waals surface area contributed by atoms with E-state index in [0.717, 1.165) is 39.1 Å². The van der Waals surface area contributed by atoms with Crippen molar-refractivity contribution in [2.45, 2.75) is 37.7 Å². The number of guanidine groups is 1. The lowest BCUT2D eigenvalue weighted by Crippen LogP contribution is -2.44. The fourth-order valence-electron chi connectivity index (χ4n) is 2.62. The molecule has 104 valence electrons. The molecular formula is C13H25N3O2. The number of nitrogens with zero attached hydrogens (tertiary/aromatic N) is 2. The van der Waals surface area contributed by atoms with Gasteiger partial charge in [-0.2, -0.15) is 0 Å². The number of methoxy groups -OCH3 is 1. The van der Waals surface area contributed by atoms with E-state index in [4.69, 9.17) is 15.2 Å². The molecule has 0 amide bonds. The van der Waals surface area contributed by atoms with Crippen molar-refractivity contribution in [1.82, 2.24) is 4.90 Å². The molecule has 0 radical (unpaired) electrons. The van der Waals surface area contributed by atoms with Gasteiger partial charge < -0.3 is 20.1 Å². The molecule has 0 atom stereocenters. The highest BCUT2D eigenvalue weighted by molar-refractivity contribution is 5.78. The Hall–Kier alpha value is -0.810. The number of hydrogen-bond acceptors (Lipinski definition) is 3. The molecule has 2 fully saturated rings. The topological polar surface area (TPSA) is 60.1 Å². The highest BCUT2D eigenvalue weighted by atomic mass is 16.5. The van der Waals surface area contributed by atoms with Crippen molar-refractivity contribution in [2.24, 2.45) is 10.7 Å². The molecule has 0 aromatic carbocycles. The Morgan fingerprint density at radius 2 is 1.94 bits per heavy atom. The summed E-state index contributed by atoms with van der Waals surface area (Å²) in [5, 5.41) is 0. The summed E-state index contributed by atoms with van der Waals surface area (Å²) in [6.07, 6.45) is 5.56. The first-order chi connectivity index (χ1) is 8.76. The maximum Gasteiger partial charge on any atom is 0.191 e. The predicted octanol–water partition coefficient (Wildman–Crippen LogP) is 0.983. The SMILES string of the molecule is COC1(CN=C(N)N2CCCCC2)CCOCC1. The predicted molar refractivity (Wildman–Crippen MR) is 71.7 cm³/mol. The Balaban J connectivity index is 1.90. The van der Waals surface area contributed by atoms with Gasteiger partial charge in [0.1, 0.15) is 0 Å². The zero-order valence-electron chi connectivity index (χ0n) is 11.4. The van der Waals surface area contributed by atoms with Crippen LogP contribution in [0.4, 0.5) is 0 Å². The molecule has 0 spiro atoms. The summed E-state index contributed by atoms with van der Waals surface area (Å²) in [4.78, 5) is 6.74. The molecule has 2 saturated heterocycles. The summed E-state index contributed by atoms with van der Waals surface area (Å²) in [7, 11) is 1.76. The van der Waals surface area contributed by atoms with Gasteiger partial charge in [-0.05, 0) is 19.3 Å². The summed E-state index contributed by atoms with van der Waals surface area (Å²) < 4.78 is 11.0. The normalized spacial score (nSPS) is 25.2. The molecule has 5 heteroatoms. The van der Waals surface area contributed by atoms with E-state index < -0.39 is 0 Å². The zero-order valence-corrected chi connectivity index (χ0v) is 11.4. The van der Waals surface area contributed by atoms with Crippen LogP contribution in [0.3, 0.4) is 0 Å². The van der Waals surface area contributed by atoms with Gasteiger partial charge in [0.2, 0.25) is 0 Å². The molecule has 2 rings (SSSR count). The summed E-state index contributed by atoms with van der Waals surface area (Å²) in [5.41, 5.74) is 5.90. The number of likely N-dealkylation sites (tertiary alicyclic amines) is 1. The van der Waals surface area contributed by atoms with E-state index in [1.165, 1.54) is 19.3 Å². The smallest absolute Gasteiger partial charge is 0.191 e. The van der Waals surface area contributed by atoms with E-state index in [1.807, 2.05) is 0 Å². The van der Waals surface area contributed by atoms with E-state index in [1.54, 1.807) is 7.11 Å². The standard InChI is InChI=1S/C13H25N3O2/c1-17-13(5-9-18-10-6-13)11-15-12(14)16-7-3-2-4-8-16/h2-11H2,1H3,(H2,14,15). The molecule has 0 aromatic rings. The van der Waals surface area contributed by atoms with Crippen molar-refractivity contribution in [3.05, 3.63) is 0 Å². The van der Waals surface area contributed by atoms with Crippen LogP contribution >= 0.6 is 0 Å². The van der Waals surface area contributed by atoms with Crippen LogP contribution in [-0.2, 0) is 9.47 Å². The van der Waals surface area contributed by atoms with Crippen molar-refractivity contribution in [3.8, 4) is 0 Å². The van der Waals surface area contributed by atoms with E-state index in [2.05, 4.69) is 9.89 Å². The number of ether oxygens (including phenoxy) is 2. The molecule has 5 nitrogen and oxygen atoms in total. The van der Waals surface area contributed by atoms with Gasteiger partial charge in [-0.3, -0.25) is 4.99 Å². The third-order valence-electron chi connectivity index (χ3n) is 4.05. The summed E-state index contributed by atoms with van der Waals surface area (Å²) in [6.45, 7) is 4.24. The Morgan fingerprint density at radius 3 is 2.56 bits per heavy atom. The third-order valence-corrected chi connectivity index (χ3v) is 4.05. The minimum absolute atomic E-state index is 0.168. The second-order valence-electron chi connectivity index (χ2n) is 5.22. The van der Waals surface area contributed by atoms with E-state index >= 15 is 0 Å². The monoisotopic (exact) mass is 255 g/mol. The van der Waals surface area contributed by atoms with Gasteiger partial charge in [0.15, 0.2) is 5.96 Å². The average molecular weight is 255 g/mol. The maximum absolute atomic E-state index is 6.07. The van der Waals surface area contributed by atoms with Gasteiger partial charge in [-0.1, -0.05) is 0 Å². The van der Waals surface area contributed by atoms with Gasteiger partial charge in [0.25, 0.3) is 0 Å². The van der Waals surface area contributed by atoms with Crippen LogP contribution in [0.2, 0.25) is 0 Å². The van der Waals surface area contributed by atoms with Crippen molar-refractivity contribution >= 4 is 5.96 Å². The molecule has 0 unspecified atom stereocenters. The summed E-state index contributed by atoms with van der Waals surface area (Å²) in [5.74, 6) is 0.678. The van der Waals surface area contributed by atoms with Crippen LogP contribution < -0.4 is 5.73 Å². The molecule has 0 aromatic heterocycles. The van der Waals surface area contributed by atoms with Crippen LogP contribution in [0.5, 0.6) is 0 Å². The highest BCUT2D eigenvalue weighted by Crippen LogP contribution is 2.24. The quantitative estimate of drug-likeness (QED) is 0.603. The van der Waals surface area contributed by atoms with Gasteiger partial charge >= 0.3 is 0 Å². The molecule has 18 heavy (non-hydrogen) atoms. The number of nitrogens with two attached hydrogens (primary N) is 1. The number of aliphatic imine (C=N–C) groups is 1. The van der Waals surface area contributed by atoms with E-state index in [0.29, 0.717) is 12.5 Å². The number of piperidine rings is 1. The first-order valence-corrected chi connectivity index (χ1v) is 6.93. The number of hydrogen-bond donors (Lipinski definition) is 1. The van der Waals surface area contributed by atoms with Crippen molar-refractivity contribution in [3.63, 3.8) is 0 Å². The van der Waals surface area contributed by atoms with Crippen LogP contribution in [-0.4, -0.2) is 56.4 Å². The van der Waals surface area contributed by atoms with Gasteiger partial charge in [0, 0.05) is 46.3 Å². The van der Waals surface area contributed by atoms with Crippen LogP contribution in [0.25, 0.3) is 0 Å². The maximum atomic E-state index is 6.07. The van der Waals surface area contributed by atoms with Crippen LogP contribution in [0.15, 0.2) is 4.99 Å². The van der Waals surface area contributed by atoms with Crippen LogP contribution in [0.1, 0.15) is 32.1 Å². The van der Waals surface area contributed by atoms with Gasteiger partial charge in [0.05, 0.1) is 12.1 Å². The lowest BCUT2D eigenvalue weighted by atomic mass is 9.94. The van der Waals surface area contributed by atoms with Gasteiger partial charge in [-0.25, -0.2) is 0 Å². The molecule has 0 bridgehead atoms. The molecule has 0 aliphatic carbocycles. The fraction of sp³-hybridized carbons (Fsp3) is 0.923. The van der Waals surface area contributed by atoms with E-state index in [-0.39, 0.29) is 5.60 Å². The molecule has 0 saturated carbocycles. The Kier molecular flexibility index (Phi) is 4.83. The molecular weight excluding hydrogens is 230 g/mol. The minimum Gasteiger partial charge on any atom is -0.381 e. The summed E-state index contributed by atoms with van der Waals surface area (Å²) in [6, 6.07) is 0. The van der Waals surface area contributed by atoms with Crippen molar-refractivity contribution in [1.29, 1.82) is 0 Å². The Labute approximate surface area is 109 Å².